The number of rotatable bonds is 3. The monoisotopic (exact) mass is 305 g/mol. The van der Waals surface area contributed by atoms with E-state index in [0.29, 0.717) is 11.1 Å². The average molecular weight is 306 g/mol. The van der Waals surface area contributed by atoms with Gasteiger partial charge >= 0.3 is 5.97 Å². The van der Waals surface area contributed by atoms with Crippen molar-refractivity contribution in [1.82, 2.24) is 4.98 Å². The molecule has 0 bridgehead atoms. The van der Waals surface area contributed by atoms with Crippen LogP contribution >= 0.6 is 15.9 Å². The van der Waals surface area contributed by atoms with E-state index in [9.17, 15) is 4.79 Å². The molecule has 2 aromatic rings. The third-order valence-corrected chi connectivity index (χ3v) is 2.99. The molecular weight excluding hydrogens is 294 g/mol. The lowest BCUT2D eigenvalue weighted by atomic mass is 10.1. The van der Waals surface area contributed by atoms with Gasteiger partial charge in [0.15, 0.2) is 0 Å². The van der Waals surface area contributed by atoms with Crippen molar-refractivity contribution in [2.24, 2.45) is 0 Å². The maximum Gasteiger partial charge on any atom is 0.345 e. The van der Waals surface area contributed by atoms with Crippen molar-refractivity contribution in [3.05, 3.63) is 46.6 Å². The van der Waals surface area contributed by atoms with Crippen LogP contribution in [-0.4, -0.2) is 17.6 Å². The van der Waals surface area contributed by atoms with Crippen molar-refractivity contribution < 1.29 is 9.53 Å². The number of halogens is 1. The Hall–Kier alpha value is -1.68. The molecule has 4 heteroatoms. The van der Waals surface area contributed by atoms with Gasteiger partial charge in [-0.05, 0) is 46.6 Å². The highest BCUT2D eigenvalue weighted by Crippen LogP contribution is 2.21. The predicted molar refractivity (Wildman–Crippen MR) is 75.3 cm³/mol. The molecule has 0 N–H and O–H groups in total. The molecule has 1 aromatic carbocycles. The van der Waals surface area contributed by atoms with Gasteiger partial charge in [0.2, 0.25) is 0 Å². The minimum atomic E-state index is -0.363. The van der Waals surface area contributed by atoms with E-state index < -0.39 is 0 Å². The summed E-state index contributed by atoms with van der Waals surface area (Å²) >= 11 is 3.23. The van der Waals surface area contributed by atoms with Crippen LogP contribution in [0.1, 0.15) is 12.5 Å². The zero-order chi connectivity index (χ0) is 13.0. The molecule has 92 valence electrons. The highest BCUT2D eigenvalue weighted by Gasteiger charge is 2.07. The predicted octanol–water partition coefficient (Wildman–Crippen LogP) is 3.53. The summed E-state index contributed by atoms with van der Waals surface area (Å²) in [6.45, 7) is 2.14. The molecule has 0 saturated carbocycles. The van der Waals surface area contributed by atoms with E-state index in [1.165, 1.54) is 0 Å². The zero-order valence-electron chi connectivity index (χ0n) is 9.89. The van der Waals surface area contributed by atoms with Crippen molar-refractivity contribution in [2.45, 2.75) is 6.92 Å². The highest BCUT2D eigenvalue weighted by molar-refractivity contribution is 9.12. The molecule has 0 atom stereocenters. The van der Waals surface area contributed by atoms with E-state index in [2.05, 4.69) is 20.9 Å². The quantitative estimate of drug-likeness (QED) is 0.643. The van der Waals surface area contributed by atoms with E-state index >= 15 is 0 Å². The van der Waals surface area contributed by atoms with Crippen LogP contribution in [0.25, 0.3) is 17.0 Å². The third kappa shape index (κ3) is 2.76. The molecule has 1 heterocycles. The van der Waals surface area contributed by atoms with Gasteiger partial charge in [-0.25, -0.2) is 4.79 Å². The summed E-state index contributed by atoms with van der Waals surface area (Å²) in [6, 6.07) is 9.65. The average Bonchev–Trinajstić information content (AvgIpc) is 2.39. The Bertz CT molecular complexity index is 602. The minimum absolute atomic E-state index is 0.360. The van der Waals surface area contributed by atoms with Gasteiger partial charge in [0, 0.05) is 11.6 Å². The molecule has 0 aliphatic rings. The first-order chi connectivity index (χ1) is 8.72. The van der Waals surface area contributed by atoms with E-state index in [1.54, 1.807) is 19.2 Å². The maximum atomic E-state index is 11.5. The Morgan fingerprint density at radius 3 is 2.94 bits per heavy atom. The number of hydrogen-bond donors (Lipinski definition) is 0. The standard InChI is InChI=1S/C14H12BrNO2/c1-2-18-14(17)12(15)9-10-7-8-16-13-6-4-3-5-11(10)13/h3-9H,2H2,1H3. The molecule has 3 nitrogen and oxygen atoms in total. The molecule has 0 unspecified atom stereocenters. The summed E-state index contributed by atoms with van der Waals surface area (Å²) in [5.41, 5.74) is 1.83. The van der Waals surface area contributed by atoms with Gasteiger partial charge in [-0.15, -0.1) is 0 Å². The fourth-order valence-electron chi connectivity index (χ4n) is 1.64. The smallest absolute Gasteiger partial charge is 0.345 e. The first-order valence-corrected chi connectivity index (χ1v) is 6.39. The molecular formula is C14H12BrNO2. The first kappa shape index (κ1) is 12.8. The van der Waals surface area contributed by atoms with E-state index in [-0.39, 0.29) is 5.97 Å². The summed E-state index contributed by atoms with van der Waals surface area (Å²) in [5.74, 6) is -0.363. The molecule has 2 rings (SSSR count). The Morgan fingerprint density at radius 1 is 1.39 bits per heavy atom. The number of esters is 1. The summed E-state index contributed by atoms with van der Waals surface area (Å²) in [6.07, 6.45) is 3.47. The first-order valence-electron chi connectivity index (χ1n) is 5.60. The molecule has 0 saturated heterocycles. The number of benzene rings is 1. The number of nitrogens with zero attached hydrogens (tertiary/aromatic N) is 1. The molecule has 1 aromatic heterocycles. The summed E-state index contributed by atoms with van der Waals surface area (Å²) < 4.78 is 5.32. The van der Waals surface area contributed by atoms with Gasteiger partial charge in [0.1, 0.15) is 4.48 Å². The van der Waals surface area contributed by atoms with Crippen molar-refractivity contribution in [1.29, 1.82) is 0 Å². The largest absolute Gasteiger partial charge is 0.462 e. The molecule has 0 radical (unpaired) electrons. The van der Waals surface area contributed by atoms with Crippen LogP contribution in [0, 0.1) is 0 Å². The maximum absolute atomic E-state index is 11.5. The van der Waals surface area contributed by atoms with E-state index in [1.807, 2.05) is 30.3 Å². The topological polar surface area (TPSA) is 39.2 Å². The minimum Gasteiger partial charge on any atom is -0.462 e. The van der Waals surface area contributed by atoms with Gasteiger partial charge in [-0.1, -0.05) is 18.2 Å². The summed E-state index contributed by atoms with van der Waals surface area (Å²) in [5, 5.41) is 1.00. The van der Waals surface area contributed by atoms with Gasteiger partial charge in [-0.2, -0.15) is 0 Å². The molecule has 0 fully saturated rings. The molecule has 0 amide bonds. The number of pyridine rings is 1. The fraction of sp³-hybridized carbons (Fsp3) is 0.143. The third-order valence-electron chi connectivity index (χ3n) is 2.44. The van der Waals surface area contributed by atoms with Crippen molar-refractivity contribution in [3.63, 3.8) is 0 Å². The highest BCUT2D eigenvalue weighted by atomic mass is 79.9. The second-order valence-electron chi connectivity index (χ2n) is 3.63. The molecule has 0 aliphatic carbocycles. The van der Waals surface area contributed by atoms with Gasteiger partial charge in [0.05, 0.1) is 12.1 Å². The van der Waals surface area contributed by atoms with Crippen LogP contribution < -0.4 is 0 Å². The molecule has 0 spiro atoms. The number of fused-ring (bicyclic) bond motifs is 1. The number of hydrogen-bond acceptors (Lipinski definition) is 3. The van der Waals surface area contributed by atoms with Crippen LogP contribution in [0.15, 0.2) is 41.0 Å². The second-order valence-corrected chi connectivity index (χ2v) is 4.48. The van der Waals surface area contributed by atoms with Crippen molar-refractivity contribution in [3.8, 4) is 0 Å². The zero-order valence-corrected chi connectivity index (χ0v) is 11.5. The van der Waals surface area contributed by atoms with Crippen LogP contribution in [0.2, 0.25) is 0 Å². The Kier molecular flexibility index (Phi) is 4.10. The van der Waals surface area contributed by atoms with Crippen LogP contribution in [0.4, 0.5) is 0 Å². The van der Waals surface area contributed by atoms with Gasteiger partial charge in [-0.3, -0.25) is 4.98 Å². The molecule has 0 aliphatic heterocycles. The van der Waals surface area contributed by atoms with Gasteiger partial charge in [0.25, 0.3) is 0 Å². The lowest BCUT2D eigenvalue weighted by Gasteiger charge is -2.03. The SMILES string of the molecule is CCOC(=O)C(Br)=Cc1ccnc2ccccc12. The second kappa shape index (κ2) is 5.78. The number of aromatic nitrogens is 1. The lowest BCUT2D eigenvalue weighted by molar-refractivity contribution is -0.137. The van der Waals surface area contributed by atoms with Crippen molar-refractivity contribution >= 4 is 38.9 Å². The van der Waals surface area contributed by atoms with E-state index in [4.69, 9.17) is 4.74 Å². The Labute approximate surface area is 114 Å². The lowest BCUT2D eigenvalue weighted by Crippen LogP contribution is -2.03. The van der Waals surface area contributed by atoms with E-state index in [0.717, 1.165) is 16.5 Å². The van der Waals surface area contributed by atoms with Crippen LogP contribution in [-0.2, 0) is 9.53 Å². The van der Waals surface area contributed by atoms with Crippen LogP contribution in [0.5, 0.6) is 0 Å². The number of carbonyl (C=O) groups is 1. The summed E-state index contributed by atoms with van der Waals surface area (Å²) in [4.78, 5) is 15.8. The fourth-order valence-corrected chi connectivity index (χ4v) is 2.00. The van der Waals surface area contributed by atoms with Gasteiger partial charge < -0.3 is 4.74 Å². The number of carbonyl (C=O) groups excluding carboxylic acids is 1. The molecule has 18 heavy (non-hydrogen) atoms. The Morgan fingerprint density at radius 2 is 2.17 bits per heavy atom. The number of ether oxygens (including phenoxy) is 1. The normalized spacial score (nSPS) is 11.6. The van der Waals surface area contributed by atoms with Crippen molar-refractivity contribution in [2.75, 3.05) is 6.61 Å². The van der Waals surface area contributed by atoms with Crippen LogP contribution in [0.3, 0.4) is 0 Å². The Balaban J connectivity index is 2.43. The summed E-state index contributed by atoms with van der Waals surface area (Å²) in [7, 11) is 0. The number of para-hydroxylation sites is 1.